The zero-order valence-corrected chi connectivity index (χ0v) is 15.5. The number of hydrogen-bond acceptors (Lipinski definition) is 3. The van der Waals surface area contributed by atoms with Gasteiger partial charge in [0.05, 0.1) is 4.47 Å². The molecule has 1 aromatic carbocycles. The van der Waals surface area contributed by atoms with Crippen molar-refractivity contribution in [3.05, 3.63) is 28.7 Å². The lowest BCUT2D eigenvalue weighted by atomic mass is 9.97. The Hall–Kier alpha value is -0.780. The number of nitrogens with one attached hydrogen (secondary N) is 1. The van der Waals surface area contributed by atoms with Gasteiger partial charge in [-0.3, -0.25) is 4.79 Å². The van der Waals surface area contributed by atoms with Gasteiger partial charge in [-0.15, -0.1) is 12.4 Å². The van der Waals surface area contributed by atoms with E-state index in [-0.39, 0.29) is 18.3 Å². The van der Waals surface area contributed by atoms with Crippen LogP contribution in [0.1, 0.15) is 19.8 Å². The molecule has 0 saturated carbocycles. The van der Waals surface area contributed by atoms with E-state index < -0.39 is 6.10 Å². The van der Waals surface area contributed by atoms with E-state index >= 15 is 0 Å². The topological polar surface area (TPSA) is 41.6 Å². The summed E-state index contributed by atoms with van der Waals surface area (Å²) in [6.45, 7) is 4.44. The molecule has 6 heteroatoms. The van der Waals surface area contributed by atoms with Gasteiger partial charge >= 0.3 is 0 Å². The lowest BCUT2D eigenvalue weighted by molar-refractivity contribution is -0.139. The number of hydrogen-bond donors (Lipinski definition) is 1. The van der Waals surface area contributed by atoms with E-state index in [4.69, 9.17) is 4.74 Å². The fraction of sp³-hybridized carbons (Fsp3) is 0.562. The minimum atomic E-state index is -0.461. The molecule has 1 aromatic rings. The Kier molecular flexibility index (Phi) is 8.21. The number of benzene rings is 1. The van der Waals surface area contributed by atoms with Crippen molar-refractivity contribution in [3.8, 4) is 5.75 Å². The number of para-hydroxylation sites is 1. The van der Waals surface area contributed by atoms with E-state index in [2.05, 4.69) is 21.2 Å². The molecule has 1 fully saturated rings. The highest BCUT2D eigenvalue weighted by Crippen LogP contribution is 2.25. The summed E-state index contributed by atoms with van der Waals surface area (Å²) >= 11 is 3.44. The van der Waals surface area contributed by atoms with Crippen LogP contribution in [-0.2, 0) is 4.79 Å². The van der Waals surface area contributed by atoms with Gasteiger partial charge in [-0.05, 0) is 67.3 Å². The van der Waals surface area contributed by atoms with Crippen LogP contribution in [0, 0.1) is 5.92 Å². The minimum absolute atomic E-state index is 0. The third kappa shape index (κ3) is 5.14. The van der Waals surface area contributed by atoms with Crippen molar-refractivity contribution < 1.29 is 9.53 Å². The molecule has 0 aliphatic carbocycles. The smallest absolute Gasteiger partial charge is 0.263 e. The predicted octanol–water partition coefficient (Wildman–Crippen LogP) is 3.10. The number of halogens is 2. The summed E-state index contributed by atoms with van der Waals surface area (Å²) in [4.78, 5) is 14.5. The lowest BCUT2D eigenvalue weighted by Gasteiger charge is -2.34. The fourth-order valence-corrected chi connectivity index (χ4v) is 3.14. The monoisotopic (exact) mass is 390 g/mol. The third-order valence-corrected chi connectivity index (χ3v) is 4.47. The Bertz CT molecular complexity index is 485. The SMILES string of the molecule is CNCC1CCCN(C(=O)C(C)Oc2ccccc2Br)C1.Cl. The molecule has 2 unspecified atom stereocenters. The van der Waals surface area contributed by atoms with Crippen LogP contribution in [0.3, 0.4) is 0 Å². The molecule has 2 rings (SSSR count). The number of carbonyl (C=O) groups is 1. The number of amides is 1. The Balaban J connectivity index is 0.00000242. The maximum Gasteiger partial charge on any atom is 0.263 e. The summed E-state index contributed by atoms with van der Waals surface area (Å²) in [5.41, 5.74) is 0. The molecule has 22 heavy (non-hydrogen) atoms. The first-order valence-electron chi connectivity index (χ1n) is 7.46. The summed E-state index contributed by atoms with van der Waals surface area (Å²) in [7, 11) is 1.96. The van der Waals surface area contributed by atoms with E-state index in [0.29, 0.717) is 11.7 Å². The zero-order valence-electron chi connectivity index (χ0n) is 13.0. The Labute approximate surface area is 147 Å². The highest BCUT2D eigenvalue weighted by Gasteiger charge is 2.27. The van der Waals surface area contributed by atoms with Crippen molar-refractivity contribution in [1.82, 2.24) is 10.2 Å². The standard InChI is InChI=1S/C16H23BrN2O2.ClH/c1-12(21-15-8-4-3-7-14(15)17)16(20)19-9-5-6-13(11-19)10-18-2;/h3-4,7-8,12-13,18H,5-6,9-11H2,1-2H3;1H. The largest absolute Gasteiger partial charge is 0.480 e. The normalized spacial score (nSPS) is 19.2. The first-order chi connectivity index (χ1) is 10.1. The molecule has 0 spiro atoms. The Morgan fingerprint density at radius 2 is 2.23 bits per heavy atom. The molecule has 0 radical (unpaired) electrons. The highest BCUT2D eigenvalue weighted by molar-refractivity contribution is 9.10. The second-order valence-electron chi connectivity index (χ2n) is 5.54. The van der Waals surface area contributed by atoms with Gasteiger partial charge in [-0.1, -0.05) is 12.1 Å². The van der Waals surface area contributed by atoms with Gasteiger partial charge in [-0.25, -0.2) is 0 Å². The van der Waals surface area contributed by atoms with E-state index in [0.717, 1.165) is 30.5 Å². The van der Waals surface area contributed by atoms with Crippen LogP contribution in [-0.4, -0.2) is 43.6 Å². The number of likely N-dealkylation sites (tertiary alicyclic amines) is 1. The number of rotatable bonds is 5. The van der Waals surface area contributed by atoms with E-state index in [9.17, 15) is 4.79 Å². The van der Waals surface area contributed by atoms with Crippen molar-refractivity contribution >= 4 is 34.2 Å². The number of ether oxygens (including phenoxy) is 1. The van der Waals surface area contributed by atoms with Gasteiger partial charge in [0.25, 0.3) is 5.91 Å². The van der Waals surface area contributed by atoms with Crippen LogP contribution < -0.4 is 10.1 Å². The van der Waals surface area contributed by atoms with Crippen LogP contribution in [0.2, 0.25) is 0 Å². The van der Waals surface area contributed by atoms with Crippen molar-refractivity contribution in [2.24, 2.45) is 5.92 Å². The van der Waals surface area contributed by atoms with E-state index in [1.165, 1.54) is 6.42 Å². The van der Waals surface area contributed by atoms with E-state index in [1.807, 2.05) is 43.1 Å². The minimum Gasteiger partial charge on any atom is -0.480 e. The van der Waals surface area contributed by atoms with Gasteiger partial charge in [0.15, 0.2) is 6.10 Å². The Morgan fingerprint density at radius 3 is 2.91 bits per heavy atom. The molecule has 1 aliphatic rings. The molecule has 2 atom stereocenters. The molecule has 1 amide bonds. The molecular weight excluding hydrogens is 368 g/mol. The van der Waals surface area contributed by atoms with Crippen molar-refractivity contribution in [2.75, 3.05) is 26.7 Å². The molecular formula is C16H24BrClN2O2. The quantitative estimate of drug-likeness (QED) is 0.838. The first-order valence-corrected chi connectivity index (χ1v) is 8.25. The summed E-state index contributed by atoms with van der Waals surface area (Å²) < 4.78 is 6.67. The molecule has 0 aromatic heterocycles. The maximum absolute atomic E-state index is 12.5. The highest BCUT2D eigenvalue weighted by atomic mass is 79.9. The molecule has 1 saturated heterocycles. The van der Waals surface area contributed by atoms with Gasteiger partial charge in [0.2, 0.25) is 0 Å². The molecule has 4 nitrogen and oxygen atoms in total. The van der Waals surface area contributed by atoms with Crippen molar-refractivity contribution in [1.29, 1.82) is 0 Å². The Morgan fingerprint density at radius 1 is 1.50 bits per heavy atom. The second kappa shape index (κ2) is 9.38. The van der Waals surface area contributed by atoms with Gasteiger partial charge < -0.3 is 15.0 Å². The molecule has 1 N–H and O–H groups in total. The van der Waals surface area contributed by atoms with Crippen molar-refractivity contribution in [3.63, 3.8) is 0 Å². The van der Waals surface area contributed by atoms with Crippen LogP contribution in [0.15, 0.2) is 28.7 Å². The number of carbonyl (C=O) groups excluding carboxylic acids is 1. The average Bonchev–Trinajstić information content (AvgIpc) is 2.49. The van der Waals surface area contributed by atoms with Crippen LogP contribution >= 0.6 is 28.3 Å². The van der Waals surface area contributed by atoms with Crippen LogP contribution in [0.25, 0.3) is 0 Å². The predicted molar refractivity (Wildman–Crippen MR) is 94.7 cm³/mol. The van der Waals surface area contributed by atoms with Crippen LogP contribution in [0.5, 0.6) is 5.75 Å². The summed E-state index contributed by atoms with van der Waals surface area (Å²) in [6.07, 6.45) is 1.79. The van der Waals surface area contributed by atoms with E-state index in [1.54, 1.807) is 0 Å². The molecule has 124 valence electrons. The third-order valence-electron chi connectivity index (χ3n) is 3.81. The van der Waals surface area contributed by atoms with Crippen LogP contribution in [0.4, 0.5) is 0 Å². The van der Waals surface area contributed by atoms with Gasteiger partial charge in [-0.2, -0.15) is 0 Å². The first kappa shape index (κ1) is 19.3. The second-order valence-corrected chi connectivity index (χ2v) is 6.40. The number of nitrogens with zero attached hydrogens (tertiary/aromatic N) is 1. The zero-order chi connectivity index (χ0) is 15.2. The van der Waals surface area contributed by atoms with Gasteiger partial charge in [0, 0.05) is 13.1 Å². The lowest BCUT2D eigenvalue weighted by Crippen LogP contribution is -2.47. The summed E-state index contributed by atoms with van der Waals surface area (Å²) in [5.74, 6) is 1.33. The van der Waals surface area contributed by atoms with Crippen molar-refractivity contribution in [2.45, 2.75) is 25.9 Å². The molecule has 1 heterocycles. The fourth-order valence-electron chi connectivity index (χ4n) is 2.76. The maximum atomic E-state index is 12.5. The molecule has 0 bridgehead atoms. The molecule has 1 aliphatic heterocycles. The van der Waals surface area contributed by atoms with Gasteiger partial charge in [0.1, 0.15) is 5.75 Å². The average molecular weight is 392 g/mol. The summed E-state index contributed by atoms with van der Waals surface area (Å²) in [6, 6.07) is 7.61. The summed E-state index contributed by atoms with van der Waals surface area (Å²) in [5, 5.41) is 3.20. The number of piperidine rings is 1.